The van der Waals surface area contributed by atoms with E-state index in [4.69, 9.17) is 5.84 Å². The Labute approximate surface area is 93.0 Å². The molecule has 0 aromatic rings. The average Bonchev–Trinajstić information content (AvgIpc) is 2.82. The normalized spacial score (nSPS) is 41.0. The molecule has 0 saturated heterocycles. The van der Waals surface area contributed by atoms with Crippen molar-refractivity contribution in [2.24, 2.45) is 29.5 Å². The number of hydrogen-bond acceptors (Lipinski definition) is 2. The molecule has 0 heterocycles. The van der Waals surface area contributed by atoms with E-state index in [0.717, 1.165) is 23.7 Å². The van der Waals surface area contributed by atoms with Crippen molar-refractivity contribution >= 4 is 0 Å². The Balaban J connectivity index is 1.49. The zero-order chi connectivity index (χ0) is 10.3. The highest BCUT2D eigenvalue weighted by Crippen LogP contribution is 2.50. The van der Waals surface area contributed by atoms with Crippen LogP contribution in [0, 0.1) is 23.7 Å². The van der Waals surface area contributed by atoms with Crippen LogP contribution in [-0.2, 0) is 0 Å². The van der Waals surface area contributed by atoms with Gasteiger partial charge in [0.1, 0.15) is 0 Å². The van der Waals surface area contributed by atoms with E-state index in [2.05, 4.69) is 5.43 Å². The van der Waals surface area contributed by atoms with Crippen molar-refractivity contribution in [2.45, 2.75) is 57.4 Å². The molecule has 0 radical (unpaired) electrons. The topological polar surface area (TPSA) is 38.0 Å². The molecule has 3 N–H and O–H groups in total. The first-order valence-corrected chi connectivity index (χ1v) is 6.81. The fourth-order valence-corrected chi connectivity index (χ4v) is 4.02. The quantitative estimate of drug-likeness (QED) is 0.538. The number of fused-ring (bicyclic) bond motifs is 2. The summed E-state index contributed by atoms with van der Waals surface area (Å²) in [5, 5.41) is 0. The van der Waals surface area contributed by atoms with Crippen LogP contribution in [0.5, 0.6) is 0 Å². The maximum atomic E-state index is 5.68. The molecule has 2 heteroatoms. The molecular formula is C13H24N2. The fourth-order valence-electron chi connectivity index (χ4n) is 4.02. The van der Waals surface area contributed by atoms with Gasteiger partial charge in [-0.25, -0.2) is 0 Å². The summed E-state index contributed by atoms with van der Waals surface area (Å²) in [6.45, 7) is 0. The molecule has 0 aromatic heterocycles. The number of hydrazine groups is 1. The number of nitrogens with two attached hydrogens (primary N) is 1. The van der Waals surface area contributed by atoms with Crippen LogP contribution in [0.2, 0.25) is 0 Å². The third-order valence-corrected chi connectivity index (χ3v) is 5.02. The first-order chi connectivity index (χ1) is 7.35. The first kappa shape index (κ1) is 10.1. The molecule has 4 atom stereocenters. The Morgan fingerprint density at radius 3 is 2.47 bits per heavy atom. The minimum Gasteiger partial charge on any atom is -0.271 e. The van der Waals surface area contributed by atoms with Gasteiger partial charge in [-0.1, -0.05) is 19.3 Å². The van der Waals surface area contributed by atoms with Crippen molar-refractivity contribution in [3.05, 3.63) is 0 Å². The molecule has 3 rings (SSSR count). The molecule has 3 saturated carbocycles. The van der Waals surface area contributed by atoms with Crippen LogP contribution in [-0.4, -0.2) is 6.04 Å². The summed E-state index contributed by atoms with van der Waals surface area (Å²) in [6.07, 6.45) is 11.7. The molecule has 0 spiro atoms. The zero-order valence-electron chi connectivity index (χ0n) is 9.62. The smallest absolute Gasteiger partial charge is 0.0215 e. The zero-order valence-corrected chi connectivity index (χ0v) is 9.62. The summed E-state index contributed by atoms with van der Waals surface area (Å²) >= 11 is 0. The lowest BCUT2D eigenvalue weighted by molar-refractivity contribution is 0.268. The summed E-state index contributed by atoms with van der Waals surface area (Å²) in [4.78, 5) is 0. The second kappa shape index (κ2) is 4.06. The molecule has 0 aliphatic heterocycles. The largest absolute Gasteiger partial charge is 0.271 e. The third-order valence-electron chi connectivity index (χ3n) is 5.02. The molecule has 3 aliphatic rings. The maximum absolute atomic E-state index is 5.68. The summed E-state index contributed by atoms with van der Waals surface area (Å²) in [5.41, 5.74) is 3.06. The van der Waals surface area contributed by atoms with Crippen molar-refractivity contribution in [3.8, 4) is 0 Å². The van der Waals surface area contributed by atoms with E-state index < -0.39 is 0 Å². The highest BCUT2D eigenvalue weighted by atomic mass is 15.2. The lowest BCUT2D eigenvalue weighted by atomic mass is 9.83. The van der Waals surface area contributed by atoms with E-state index in [9.17, 15) is 0 Å². The van der Waals surface area contributed by atoms with Gasteiger partial charge in [0.25, 0.3) is 0 Å². The van der Waals surface area contributed by atoms with Gasteiger partial charge in [-0.15, -0.1) is 0 Å². The lowest BCUT2D eigenvalue weighted by Gasteiger charge is -2.26. The van der Waals surface area contributed by atoms with Gasteiger partial charge in [0.15, 0.2) is 0 Å². The second-order valence-electron chi connectivity index (χ2n) is 6.21. The number of rotatable bonds is 5. The molecule has 4 unspecified atom stereocenters. The molecule has 2 nitrogen and oxygen atoms in total. The van der Waals surface area contributed by atoms with E-state index in [1.165, 1.54) is 51.4 Å². The van der Waals surface area contributed by atoms with Crippen LogP contribution < -0.4 is 11.3 Å². The molecule has 0 aromatic carbocycles. The van der Waals surface area contributed by atoms with E-state index in [-0.39, 0.29) is 0 Å². The molecule has 0 amide bonds. The van der Waals surface area contributed by atoms with Crippen molar-refractivity contribution in [1.29, 1.82) is 0 Å². The summed E-state index contributed by atoms with van der Waals surface area (Å²) < 4.78 is 0. The average molecular weight is 208 g/mol. The van der Waals surface area contributed by atoms with Crippen molar-refractivity contribution < 1.29 is 0 Å². The first-order valence-electron chi connectivity index (χ1n) is 6.81. The van der Waals surface area contributed by atoms with E-state index in [0.29, 0.717) is 6.04 Å². The Kier molecular flexibility index (Phi) is 2.73. The van der Waals surface area contributed by atoms with Crippen LogP contribution in [0.3, 0.4) is 0 Å². The highest BCUT2D eigenvalue weighted by Gasteiger charge is 2.40. The van der Waals surface area contributed by atoms with Gasteiger partial charge in [-0.3, -0.25) is 11.3 Å². The second-order valence-corrected chi connectivity index (χ2v) is 6.21. The Hall–Kier alpha value is -0.0800. The lowest BCUT2D eigenvalue weighted by Crippen LogP contribution is -2.37. The van der Waals surface area contributed by atoms with Crippen LogP contribution in [0.25, 0.3) is 0 Å². The van der Waals surface area contributed by atoms with Crippen LogP contribution >= 0.6 is 0 Å². The fraction of sp³-hybridized carbons (Fsp3) is 1.00. The number of hydrogen-bond donors (Lipinski definition) is 2. The van der Waals surface area contributed by atoms with Crippen LogP contribution in [0.1, 0.15) is 51.4 Å². The third kappa shape index (κ3) is 2.21. The molecule has 3 fully saturated rings. The highest BCUT2D eigenvalue weighted by molar-refractivity contribution is 4.92. The molecular weight excluding hydrogens is 184 g/mol. The minimum atomic E-state index is 0.613. The van der Waals surface area contributed by atoms with Gasteiger partial charge in [-0.05, 0) is 55.8 Å². The van der Waals surface area contributed by atoms with Gasteiger partial charge in [-0.2, -0.15) is 0 Å². The minimum absolute atomic E-state index is 0.613. The van der Waals surface area contributed by atoms with E-state index in [1.807, 2.05) is 0 Å². The van der Waals surface area contributed by atoms with E-state index in [1.54, 1.807) is 0 Å². The summed E-state index contributed by atoms with van der Waals surface area (Å²) in [5.74, 6) is 9.83. The molecule has 3 aliphatic carbocycles. The molecule has 15 heavy (non-hydrogen) atoms. The standard InChI is InChI=1S/C13H24N2/c14-15-13(7-9-1-2-9)8-12-6-10-3-4-11(12)5-10/h9-13,15H,1-8,14H2. The van der Waals surface area contributed by atoms with Gasteiger partial charge < -0.3 is 0 Å². The van der Waals surface area contributed by atoms with Crippen LogP contribution in [0.15, 0.2) is 0 Å². The van der Waals surface area contributed by atoms with E-state index >= 15 is 0 Å². The Bertz CT molecular complexity index is 225. The van der Waals surface area contributed by atoms with Gasteiger partial charge >= 0.3 is 0 Å². The van der Waals surface area contributed by atoms with Crippen molar-refractivity contribution in [3.63, 3.8) is 0 Å². The predicted octanol–water partition coefficient (Wildman–Crippen LogP) is 2.44. The Morgan fingerprint density at radius 2 is 1.93 bits per heavy atom. The van der Waals surface area contributed by atoms with Crippen LogP contribution in [0.4, 0.5) is 0 Å². The van der Waals surface area contributed by atoms with Gasteiger partial charge in [0.05, 0.1) is 0 Å². The number of nitrogens with one attached hydrogen (secondary N) is 1. The Morgan fingerprint density at radius 1 is 1.07 bits per heavy atom. The van der Waals surface area contributed by atoms with Gasteiger partial charge in [0.2, 0.25) is 0 Å². The van der Waals surface area contributed by atoms with Gasteiger partial charge in [0, 0.05) is 6.04 Å². The van der Waals surface area contributed by atoms with Crippen molar-refractivity contribution in [1.82, 2.24) is 5.43 Å². The molecule has 86 valence electrons. The summed E-state index contributed by atoms with van der Waals surface area (Å²) in [7, 11) is 0. The molecule has 2 bridgehead atoms. The summed E-state index contributed by atoms with van der Waals surface area (Å²) in [6, 6.07) is 0.613. The maximum Gasteiger partial charge on any atom is 0.0215 e. The SMILES string of the molecule is NNC(CC1CC1)CC1CC2CCC1C2. The predicted molar refractivity (Wildman–Crippen MR) is 62.0 cm³/mol. The van der Waals surface area contributed by atoms with Crippen molar-refractivity contribution in [2.75, 3.05) is 0 Å². The monoisotopic (exact) mass is 208 g/mol.